The number of imidazole rings is 2. The highest BCUT2D eigenvalue weighted by molar-refractivity contribution is 7.52. The summed E-state index contributed by atoms with van der Waals surface area (Å²) >= 11 is 0. The molecule has 0 radical (unpaired) electrons. The van der Waals surface area contributed by atoms with Crippen molar-refractivity contribution in [3.63, 3.8) is 0 Å². The summed E-state index contributed by atoms with van der Waals surface area (Å²) in [5.74, 6) is 0.108. The lowest BCUT2D eigenvalue weighted by Crippen LogP contribution is -2.38. The lowest BCUT2D eigenvalue weighted by Gasteiger charge is -2.26. The number of nitrogens with two attached hydrogens (primary N) is 2. The smallest absolute Gasteiger partial charge is 0.387 e. The number of phosphoric ester groups is 1. The van der Waals surface area contributed by atoms with Gasteiger partial charge in [0.25, 0.3) is 0 Å². The monoisotopic (exact) mass is 672 g/mol. The van der Waals surface area contributed by atoms with Crippen LogP contribution in [0.1, 0.15) is 12.5 Å². The molecule has 0 saturated carbocycles. The van der Waals surface area contributed by atoms with Crippen molar-refractivity contribution in [1.82, 2.24) is 39.0 Å². The van der Waals surface area contributed by atoms with E-state index < -0.39 is 84.1 Å². The van der Waals surface area contributed by atoms with Crippen LogP contribution in [-0.2, 0) is 36.9 Å². The molecule has 3 saturated heterocycles. The summed E-state index contributed by atoms with van der Waals surface area (Å²) in [7, 11) is -9.58. The highest BCUT2D eigenvalue weighted by atomic mass is 31.2. The Morgan fingerprint density at radius 3 is 1.98 bits per heavy atom. The maximum atomic E-state index is 13.2. The van der Waals surface area contributed by atoms with Gasteiger partial charge in [-0.25, -0.2) is 34.5 Å². The number of fused-ring (bicyclic) bond motifs is 5. The maximum absolute atomic E-state index is 13.2. The van der Waals surface area contributed by atoms with Crippen LogP contribution in [0.25, 0.3) is 22.3 Å². The number of anilines is 2. The van der Waals surface area contributed by atoms with E-state index in [1.54, 1.807) is 0 Å². The van der Waals surface area contributed by atoms with Gasteiger partial charge in [-0.15, -0.1) is 0 Å². The molecule has 0 amide bonds. The molecule has 242 valence electrons. The molecule has 45 heavy (non-hydrogen) atoms. The summed E-state index contributed by atoms with van der Waals surface area (Å²) in [5.41, 5.74) is 12.5. The second kappa shape index (κ2) is 11.2. The molecule has 7 rings (SSSR count). The van der Waals surface area contributed by atoms with E-state index in [0.29, 0.717) is 0 Å². The van der Waals surface area contributed by atoms with Crippen LogP contribution in [-0.4, -0.2) is 115 Å². The Morgan fingerprint density at radius 1 is 0.756 bits per heavy atom. The molecule has 7 heterocycles. The molecular formula is C21H26N10O12P2. The van der Waals surface area contributed by atoms with E-state index in [9.17, 15) is 29.1 Å². The fourth-order valence-corrected chi connectivity index (χ4v) is 7.10. The summed E-state index contributed by atoms with van der Waals surface area (Å²) in [6.45, 7) is -1.39. The van der Waals surface area contributed by atoms with Gasteiger partial charge in [0.2, 0.25) is 0 Å². The van der Waals surface area contributed by atoms with Gasteiger partial charge in [-0.2, -0.15) is 0 Å². The molecule has 0 aromatic carbocycles. The molecular weight excluding hydrogens is 646 g/mol. The first-order valence-corrected chi connectivity index (χ1v) is 16.4. The predicted molar refractivity (Wildman–Crippen MR) is 145 cm³/mol. The van der Waals surface area contributed by atoms with Crippen LogP contribution in [0.4, 0.5) is 11.6 Å². The SMILES string of the molecule is Nc1ncnc2c1ncn2[C@@H]1O[C@@H]2COP(=O)(O)O[C@@H]3[C@H](O)[C@@H](COP(=O)(O)CO[C@H]2[C@H]1O)O[C@H]3n1cnc2c(N)ncnc21. The minimum Gasteiger partial charge on any atom is -0.387 e. The number of hydrogen-bond acceptors (Lipinski definition) is 18. The first-order chi connectivity index (χ1) is 21.4. The number of hydrogen-bond donors (Lipinski definition) is 6. The van der Waals surface area contributed by atoms with E-state index in [-0.39, 0.29) is 34.0 Å². The van der Waals surface area contributed by atoms with Gasteiger partial charge in [0.1, 0.15) is 66.7 Å². The van der Waals surface area contributed by atoms with E-state index in [2.05, 4.69) is 29.9 Å². The molecule has 3 fully saturated rings. The van der Waals surface area contributed by atoms with Gasteiger partial charge < -0.3 is 50.2 Å². The van der Waals surface area contributed by atoms with Crippen molar-refractivity contribution in [3.05, 3.63) is 25.3 Å². The fourth-order valence-electron chi connectivity index (χ4n) is 5.35. The van der Waals surface area contributed by atoms with Crippen LogP contribution in [0.5, 0.6) is 0 Å². The standard InChI is InChI=1S/C21H26N10O12P2/c22-16-10-18(26-3-24-16)30(5-28-10)20-13(33)14-9(42-20)2-40-45(36,37)43-15-12(32)8(1-39-44(34,35)7-38-14)41-21(15)31-6-29-11-17(23)25-4-27-19(11)31/h3-6,8-9,12-15,20-21,32-33H,1-2,7H2,(H,34,35)(H,36,37)(H2,22,24,26)(H2,23,25,27)/t8-,9-,12-,13-,14-,15-,20-,21-/m1/s1. The van der Waals surface area contributed by atoms with E-state index >= 15 is 0 Å². The molecule has 8 N–H and O–H groups in total. The normalized spacial score (nSPS) is 38.0. The second-order valence-electron chi connectivity index (χ2n) is 10.3. The van der Waals surface area contributed by atoms with Crippen molar-refractivity contribution in [2.45, 2.75) is 49.1 Å². The quantitative estimate of drug-likeness (QED) is 0.131. The van der Waals surface area contributed by atoms with Gasteiger partial charge in [-0.3, -0.25) is 22.7 Å². The molecule has 0 spiro atoms. The van der Waals surface area contributed by atoms with Crippen molar-refractivity contribution >= 4 is 49.4 Å². The summed E-state index contributed by atoms with van der Waals surface area (Å²) in [5, 5.41) is 22.2. The molecule has 22 nitrogen and oxygen atoms in total. The molecule has 24 heteroatoms. The number of ether oxygens (including phenoxy) is 3. The fraction of sp³-hybridized carbons (Fsp3) is 0.524. The minimum absolute atomic E-state index is 0.0386. The first kappa shape index (κ1) is 30.4. The number of aromatic nitrogens is 8. The van der Waals surface area contributed by atoms with E-state index in [1.807, 2.05) is 0 Å². The van der Waals surface area contributed by atoms with Crippen molar-refractivity contribution in [3.8, 4) is 0 Å². The molecule has 0 aliphatic carbocycles. The van der Waals surface area contributed by atoms with Gasteiger partial charge >= 0.3 is 15.4 Å². The zero-order chi connectivity index (χ0) is 31.7. The number of nitrogen functional groups attached to an aromatic ring is 2. The summed E-state index contributed by atoms with van der Waals surface area (Å²) in [4.78, 5) is 45.5. The molecule has 2 bridgehead atoms. The Morgan fingerprint density at radius 2 is 1.33 bits per heavy atom. The van der Waals surface area contributed by atoms with Gasteiger partial charge in [0.15, 0.2) is 35.4 Å². The predicted octanol–water partition coefficient (Wildman–Crippen LogP) is -1.59. The molecule has 3 aliphatic rings. The molecule has 10 atom stereocenters. The zero-order valence-electron chi connectivity index (χ0n) is 22.7. The van der Waals surface area contributed by atoms with Gasteiger partial charge in [-0.05, 0) is 0 Å². The largest absolute Gasteiger partial charge is 0.472 e. The Hall–Kier alpha value is -3.24. The summed E-state index contributed by atoms with van der Waals surface area (Å²) < 4.78 is 62.0. The van der Waals surface area contributed by atoms with Gasteiger partial charge in [0.05, 0.1) is 25.9 Å². The minimum atomic E-state index is -5.03. The molecule has 4 aromatic rings. The Bertz CT molecular complexity index is 1840. The van der Waals surface area contributed by atoms with Crippen LogP contribution in [0, 0.1) is 0 Å². The second-order valence-corrected chi connectivity index (χ2v) is 13.5. The third-order valence-electron chi connectivity index (χ3n) is 7.47. The summed E-state index contributed by atoms with van der Waals surface area (Å²) in [6.07, 6.45) is -7.55. The highest BCUT2D eigenvalue weighted by Crippen LogP contribution is 2.52. The van der Waals surface area contributed by atoms with Gasteiger partial charge in [-0.1, -0.05) is 0 Å². The van der Waals surface area contributed by atoms with Crippen molar-refractivity contribution in [2.24, 2.45) is 0 Å². The summed E-state index contributed by atoms with van der Waals surface area (Å²) in [6, 6.07) is 0. The average Bonchev–Trinajstić information content (AvgIpc) is 3.75. The van der Waals surface area contributed by atoms with Crippen LogP contribution < -0.4 is 11.5 Å². The average molecular weight is 672 g/mol. The van der Waals surface area contributed by atoms with Crippen LogP contribution in [0.15, 0.2) is 25.3 Å². The Labute approximate surface area is 251 Å². The third kappa shape index (κ3) is 5.47. The number of nitrogens with zero attached hydrogens (tertiary/aromatic N) is 8. The number of aliphatic hydroxyl groups excluding tert-OH is 2. The lowest BCUT2D eigenvalue weighted by molar-refractivity contribution is -0.0633. The number of rotatable bonds is 2. The maximum Gasteiger partial charge on any atom is 0.472 e. The zero-order valence-corrected chi connectivity index (χ0v) is 24.5. The van der Waals surface area contributed by atoms with Gasteiger partial charge in [0, 0.05) is 0 Å². The topological polar surface area (TPSA) is 310 Å². The Balaban J connectivity index is 1.19. The number of phosphoric acid groups is 1. The van der Waals surface area contributed by atoms with Crippen LogP contribution in [0.2, 0.25) is 0 Å². The first-order valence-electron chi connectivity index (χ1n) is 13.2. The Kier molecular flexibility index (Phi) is 7.59. The van der Waals surface area contributed by atoms with E-state index in [4.69, 9.17) is 39.2 Å². The van der Waals surface area contributed by atoms with Crippen molar-refractivity contribution in [2.75, 3.05) is 31.0 Å². The third-order valence-corrected chi connectivity index (χ3v) is 9.49. The van der Waals surface area contributed by atoms with E-state index in [1.165, 1.54) is 28.1 Å². The molecule has 3 aliphatic heterocycles. The van der Waals surface area contributed by atoms with E-state index in [0.717, 1.165) is 6.33 Å². The van der Waals surface area contributed by atoms with Crippen molar-refractivity contribution in [1.29, 1.82) is 0 Å². The lowest BCUT2D eigenvalue weighted by atomic mass is 10.1. The number of aliphatic hydroxyl groups is 2. The molecule has 2 unspecified atom stereocenters. The van der Waals surface area contributed by atoms with Crippen LogP contribution in [0.3, 0.4) is 0 Å². The van der Waals surface area contributed by atoms with Crippen LogP contribution >= 0.6 is 15.4 Å². The highest BCUT2D eigenvalue weighted by Gasteiger charge is 2.52. The van der Waals surface area contributed by atoms with Crippen molar-refractivity contribution < 1.29 is 56.9 Å². The molecule has 4 aromatic heterocycles.